The predicted octanol–water partition coefficient (Wildman–Crippen LogP) is 3.55. The first-order valence-corrected chi connectivity index (χ1v) is 9.64. The second-order valence-corrected chi connectivity index (χ2v) is 7.80. The van der Waals surface area contributed by atoms with Gasteiger partial charge in [-0.15, -0.1) is 11.3 Å². The molecule has 0 fully saturated rings. The number of alkyl halides is 2. The van der Waals surface area contributed by atoms with Gasteiger partial charge in [0.15, 0.2) is 5.65 Å². The molecule has 4 aromatic heterocycles. The highest BCUT2D eigenvalue weighted by atomic mass is 32.1. The maximum atomic E-state index is 13.1. The Balaban J connectivity index is 1.85. The molecule has 0 aliphatic rings. The molecule has 0 aliphatic heterocycles. The van der Waals surface area contributed by atoms with Crippen molar-refractivity contribution in [1.82, 2.24) is 19.6 Å². The number of anilines is 1. The summed E-state index contributed by atoms with van der Waals surface area (Å²) >= 11 is 0.855. The SMILES string of the molecule is Cc1cc(C)n2ncc(C(=O)Nc3c(C(N)=O)sc4nc(C(F)F)cc(C)c34)c2n1. The van der Waals surface area contributed by atoms with Crippen molar-refractivity contribution in [3.63, 3.8) is 0 Å². The van der Waals surface area contributed by atoms with Crippen LogP contribution in [0.25, 0.3) is 15.9 Å². The van der Waals surface area contributed by atoms with Gasteiger partial charge in [-0.25, -0.2) is 23.3 Å². The van der Waals surface area contributed by atoms with E-state index in [1.165, 1.54) is 16.8 Å². The van der Waals surface area contributed by atoms with Crippen molar-refractivity contribution in [2.45, 2.75) is 27.2 Å². The van der Waals surface area contributed by atoms with Crippen molar-refractivity contribution < 1.29 is 18.4 Å². The van der Waals surface area contributed by atoms with Gasteiger partial charge in [-0.1, -0.05) is 0 Å². The molecule has 2 amide bonds. The van der Waals surface area contributed by atoms with Gasteiger partial charge >= 0.3 is 0 Å². The van der Waals surface area contributed by atoms with Crippen LogP contribution in [0.4, 0.5) is 14.5 Å². The molecule has 3 N–H and O–H groups in total. The fourth-order valence-electron chi connectivity index (χ4n) is 3.32. The number of nitrogens with one attached hydrogen (secondary N) is 1. The van der Waals surface area contributed by atoms with E-state index < -0.39 is 23.9 Å². The normalized spacial score (nSPS) is 11.5. The Labute approximate surface area is 172 Å². The number of carbonyl (C=O) groups excluding carboxylic acids is 2. The van der Waals surface area contributed by atoms with Crippen molar-refractivity contribution in [3.8, 4) is 0 Å². The van der Waals surface area contributed by atoms with Crippen molar-refractivity contribution in [3.05, 3.63) is 51.4 Å². The van der Waals surface area contributed by atoms with E-state index in [0.29, 0.717) is 22.3 Å². The monoisotopic (exact) mass is 430 g/mol. The molecule has 0 spiro atoms. The molecule has 0 unspecified atom stereocenters. The zero-order chi connectivity index (χ0) is 21.7. The second kappa shape index (κ2) is 7.10. The first-order chi connectivity index (χ1) is 14.2. The fourth-order valence-corrected chi connectivity index (χ4v) is 4.39. The summed E-state index contributed by atoms with van der Waals surface area (Å²) in [5, 5.41) is 7.27. The largest absolute Gasteiger partial charge is 0.365 e. The number of carbonyl (C=O) groups is 2. The molecule has 8 nitrogen and oxygen atoms in total. The maximum absolute atomic E-state index is 13.1. The molecule has 0 radical (unpaired) electrons. The van der Waals surface area contributed by atoms with Crippen molar-refractivity contribution >= 4 is 44.7 Å². The number of nitrogens with zero attached hydrogens (tertiary/aromatic N) is 4. The lowest BCUT2D eigenvalue weighted by Gasteiger charge is -2.08. The van der Waals surface area contributed by atoms with Crippen LogP contribution < -0.4 is 11.1 Å². The number of rotatable bonds is 4. The van der Waals surface area contributed by atoms with Crippen LogP contribution in [0.1, 0.15) is 49.1 Å². The summed E-state index contributed by atoms with van der Waals surface area (Å²) in [5.74, 6) is -1.35. The number of aromatic nitrogens is 4. The minimum atomic E-state index is -2.76. The molecule has 154 valence electrons. The molecule has 0 bridgehead atoms. The zero-order valence-corrected chi connectivity index (χ0v) is 17.0. The Morgan fingerprint density at radius 2 is 1.93 bits per heavy atom. The predicted molar refractivity (Wildman–Crippen MR) is 108 cm³/mol. The van der Waals surface area contributed by atoms with Crippen molar-refractivity contribution in [2.75, 3.05) is 5.32 Å². The number of halogens is 2. The van der Waals surface area contributed by atoms with Gasteiger partial charge in [-0.05, 0) is 38.5 Å². The quantitative estimate of drug-likeness (QED) is 0.514. The molecule has 0 atom stereocenters. The van der Waals surface area contributed by atoms with E-state index in [1.54, 1.807) is 13.8 Å². The standard InChI is InChI=1S/C19H16F2N6O2S/c1-7-4-11(15(20)21)25-19-12(7)13(14(30-19)16(22)28)26-18(29)10-6-23-27-9(3)5-8(2)24-17(10)27/h4-6,15H,1-3H3,(H2,22,28)(H,26,29). The van der Waals surface area contributed by atoms with Crippen LogP contribution in [0.15, 0.2) is 18.3 Å². The van der Waals surface area contributed by atoms with Gasteiger partial charge in [0.1, 0.15) is 21.0 Å². The number of nitrogens with two attached hydrogens (primary N) is 1. The average molecular weight is 430 g/mol. The van der Waals surface area contributed by atoms with Crippen LogP contribution >= 0.6 is 11.3 Å². The van der Waals surface area contributed by atoms with E-state index in [2.05, 4.69) is 20.4 Å². The Morgan fingerprint density at radius 1 is 1.20 bits per heavy atom. The summed E-state index contributed by atoms with van der Waals surface area (Å²) in [4.78, 5) is 33.5. The lowest BCUT2D eigenvalue weighted by molar-refractivity contribution is 0.100. The summed E-state index contributed by atoms with van der Waals surface area (Å²) in [5.41, 5.74) is 7.72. The smallest absolute Gasteiger partial charge is 0.280 e. The third-order valence-corrected chi connectivity index (χ3v) is 5.69. The minimum absolute atomic E-state index is 0.0251. The summed E-state index contributed by atoms with van der Waals surface area (Å²) in [6, 6.07) is 3.05. The zero-order valence-electron chi connectivity index (χ0n) is 16.2. The molecule has 4 rings (SSSR count). The number of hydrogen-bond acceptors (Lipinski definition) is 6. The Hall–Kier alpha value is -3.47. The highest BCUT2D eigenvalue weighted by Gasteiger charge is 2.25. The van der Waals surface area contributed by atoms with E-state index in [-0.39, 0.29) is 21.0 Å². The van der Waals surface area contributed by atoms with E-state index in [9.17, 15) is 18.4 Å². The third kappa shape index (κ3) is 3.16. The fraction of sp³-hybridized carbons (Fsp3) is 0.211. The van der Waals surface area contributed by atoms with Crippen LogP contribution in [-0.2, 0) is 0 Å². The van der Waals surface area contributed by atoms with Gasteiger partial charge in [0.05, 0.1) is 11.9 Å². The van der Waals surface area contributed by atoms with Crippen LogP contribution in [0.5, 0.6) is 0 Å². The van der Waals surface area contributed by atoms with E-state index >= 15 is 0 Å². The lowest BCUT2D eigenvalue weighted by Crippen LogP contribution is -2.17. The molecule has 4 aromatic rings. The highest BCUT2D eigenvalue weighted by molar-refractivity contribution is 7.21. The van der Waals surface area contributed by atoms with E-state index in [1.807, 2.05) is 13.0 Å². The molecular weight excluding hydrogens is 414 g/mol. The molecular formula is C19H16F2N6O2S. The Morgan fingerprint density at radius 3 is 2.60 bits per heavy atom. The van der Waals surface area contributed by atoms with Gasteiger partial charge < -0.3 is 11.1 Å². The van der Waals surface area contributed by atoms with Gasteiger partial charge in [-0.3, -0.25) is 9.59 Å². The molecule has 30 heavy (non-hydrogen) atoms. The summed E-state index contributed by atoms with van der Waals surface area (Å²) in [6.45, 7) is 5.24. The molecule has 0 aliphatic carbocycles. The van der Waals surface area contributed by atoms with Gasteiger partial charge in [0.2, 0.25) is 0 Å². The maximum Gasteiger partial charge on any atom is 0.280 e. The number of pyridine rings is 1. The third-order valence-electron chi connectivity index (χ3n) is 4.59. The highest BCUT2D eigenvalue weighted by Crippen LogP contribution is 2.38. The molecule has 11 heteroatoms. The number of amides is 2. The molecule has 0 saturated carbocycles. The number of aryl methyl sites for hydroxylation is 3. The number of primary amides is 1. The van der Waals surface area contributed by atoms with Gasteiger partial charge in [0, 0.05) is 16.8 Å². The second-order valence-electron chi connectivity index (χ2n) is 6.80. The van der Waals surface area contributed by atoms with E-state index in [4.69, 9.17) is 5.73 Å². The molecule has 0 saturated heterocycles. The first-order valence-electron chi connectivity index (χ1n) is 8.82. The van der Waals surface area contributed by atoms with Crippen LogP contribution in [-0.4, -0.2) is 31.4 Å². The lowest BCUT2D eigenvalue weighted by atomic mass is 10.1. The van der Waals surface area contributed by atoms with Crippen molar-refractivity contribution in [2.24, 2.45) is 5.73 Å². The Kier molecular flexibility index (Phi) is 4.69. The van der Waals surface area contributed by atoms with Gasteiger partial charge in [0.25, 0.3) is 18.2 Å². The summed E-state index contributed by atoms with van der Waals surface area (Å²) in [6.07, 6.45) is -1.38. The average Bonchev–Trinajstić information content (AvgIpc) is 3.23. The molecule has 0 aromatic carbocycles. The minimum Gasteiger partial charge on any atom is -0.365 e. The summed E-state index contributed by atoms with van der Waals surface area (Å²) in [7, 11) is 0. The van der Waals surface area contributed by atoms with Crippen LogP contribution in [0.2, 0.25) is 0 Å². The first kappa shape index (κ1) is 19.8. The van der Waals surface area contributed by atoms with Crippen molar-refractivity contribution in [1.29, 1.82) is 0 Å². The number of thiophene rings is 1. The van der Waals surface area contributed by atoms with Crippen LogP contribution in [0.3, 0.4) is 0 Å². The summed E-state index contributed by atoms with van der Waals surface area (Å²) < 4.78 is 27.8. The van der Waals surface area contributed by atoms with Crippen LogP contribution in [0, 0.1) is 20.8 Å². The Bertz CT molecular complexity index is 1340. The number of fused-ring (bicyclic) bond motifs is 2. The van der Waals surface area contributed by atoms with Gasteiger partial charge in [-0.2, -0.15) is 5.10 Å². The molecule has 4 heterocycles. The number of hydrogen-bond donors (Lipinski definition) is 2. The topological polar surface area (TPSA) is 115 Å². The van der Waals surface area contributed by atoms with E-state index in [0.717, 1.165) is 17.0 Å².